The van der Waals surface area contributed by atoms with Crippen LogP contribution in [0.1, 0.15) is 51.9 Å². The van der Waals surface area contributed by atoms with Gasteiger partial charge in [-0.3, -0.25) is 4.98 Å². The Bertz CT molecular complexity index is 760. The molecule has 0 saturated carbocycles. The number of rotatable bonds is 12. The number of unbranched alkanes of at least 4 members (excludes halogenated alkanes) is 5. The number of sulfonamides is 1. The monoisotopic (exact) mass is 377 g/mol. The Morgan fingerprint density at radius 3 is 2.42 bits per heavy atom. The summed E-state index contributed by atoms with van der Waals surface area (Å²) >= 11 is 0. The fraction of sp³-hybridized carbons (Fsp3) is 0.550. The minimum Gasteiger partial charge on any atom is -0.330 e. The van der Waals surface area contributed by atoms with Crippen LogP contribution in [0.3, 0.4) is 0 Å². The highest BCUT2D eigenvalue weighted by atomic mass is 32.2. The smallest absolute Gasteiger partial charge is 0.243 e. The quantitative estimate of drug-likeness (QED) is 0.569. The molecule has 0 saturated heterocycles. The fourth-order valence-corrected chi connectivity index (χ4v) is 4.86. The summed E-state index contributed by atoms with van der Waals surface area (Å²) in [4.78, 5) is 4.48. The number of nitrogens with two attached hydrogens (primary N) is 1. The number of hydrogen-bond acceptors (Lipinski definition) is 4. The van der Waals surface area contributed by atoms with Gasteiger partial charge in [-0.05, 0) is 37.9 Å². The zero-order chi connectivity index (χ0) is 18.8. The second-order valence-corrected chi connectivity index (χ2v) is 8.57. The third-order valence-corrected chi connectivity index (χ3v) is 6.59. The minimum atomic E-state index is -3.53. The average molecular weight is 378 g/mol. The van der Waals surface area contributed by atoms with Gasteiger partial charge in [-0.1, -0.05) is 44.7 Å². The topological polar surface area (TPSA) is 76.3 Å². The third-order valence-electron chi connectivity index (χ3n) is 4.63. The highest BCUT2D eigenvalue weighted by molar-refractivity contribution is 7.89. The maximum atomic E-state index is 13.4. The number of pyridine rings is 1. The van der Waals surface area contributed by atoms with Crippen LogP contribution in [0.15, 0.2) is 41.6 Å². The largest absolute Gasteiger partial charge is 0.330 e. The van der Waals surface area contributed by atoms with Gasteiger partial charge >= 0.3 is 0 Å². The maximum Gasteiger partial charge on any atom is 0.243 e. The van der Waals surface area contributed by atoms with Gasteiger partial charge in [-0.15, -0.1) is 0 Å². The predicted molar refractivity (Wildman–Crippen MR) is 108 cm³/mol. The summed E-state index contributed by atoms with van der Waals surface area (Å²) in [5.41, 5.74) is 5.56. The lowest BCUT2D eigenvalue weighted by molar-refractivity contribution is 0.387. The van der Waals surface area contributed by atoms with E-state index in [0.29, 0.717) is 24.5 Å². The van der Waals surface area contributed by atoms with Gasteiger partial charge in [0.15, 0.2) is 0 Å². The van der Waals surface area contributed by atoms with Gasteiger partial charge in [0.05, 0.1) is 4.90 Å². The van der Waals surface area contributed by atoms with Gasteiger partial charge < -0.3 is 5.73 Å². The van der Waals surface area contributed by atoms with Crippen LogP contribution in [0.4, 0.5) is 0 Å². The van der Waals surface area contributed by atoms with Crippen LogP contribution in [-0.2, 0) is 10.0 Å². The lowest BCUT2D eigenvalue weighted by Crippen LogP contribution is -2.33. The SMILES string of the molecule is CCCCCCN(CCCCCN)S(=O)(=O)c1cccc2cnccc12. The van der Waals surface area contributed by atoms with Crippen molar-refractivity contribution in [3.8, 4) is 0 Å². The molecule has 0 aliphatic heterocycles. The molecule has 0 amide bonds. The first-order valence-corrected chi connectivity index (χ1v) is 11.1. The molecule has 2 N–H and O–H groups in total. The number of fused-ring (bicyclic) bond motifs is 1. The highest BCUT2D eigenvalue weighted by Gasteiger charge is 2.25. The molecule has 2 aromatic rings. The Hall–Kier alpha value is -1.50. The average Bonchev–Trinajstić information content (AvgIpc) is 2.66. The Kier molecular flexibility index (Phi) is 8.48. The molecular formula is C20H31N3O2S. The molecule has 2 rings (SSSR count). The van der Waals surface area contributed by atoms with Crippen molar-refractivity contribution in [2.75, 3.05) is 19.6 Å². The van der Waals surface area contributed by atoms with Crippen LogP contribution < -0.4 is 5.73 Å². The molecule has 5 nitrogen and oxygen atoms in total. The van der Waals surface area contributed by atoms with E-state index in [4.69, 9.17) is 5.73 Å². The van der Waals surface area contributed by atoms with Crippen LogP contribution in [0, 0.1) is 0 Å². The van der Waals surface area contributed by atoms with E-state index in [1.807, 2.05) is 6.07 Å². The summed E-state index contributed by atoms with van der Waals surface area (Å²) in [7, 11) is -3.53. The summed E-state index contributed by atoms with van der Waals surface area (Å²) in [6.07, 6.45) is 10.3. The van der Waals surface area contributed by atoms with Crippen LogP contribution in [0.25, 0.3) is 10.8 Å². The molecule has 1 aromatic heterocycles. The summed E-state index contributed by atoms with van der Waals surface area (Å²) in [6.45, 7) is 3.94. The first-order chi connectivity index (χ1) is 12.6. The molecule has 0 spiro atoms. The van der Waals surface area contributed by atoms with Gasteiger partial charge in [0, 0.05) is 36.3 Å². The second kappa shape index (κ2) is 10.6. The Balaban J connectivity index is 2.24. The Morgan fingerprint density at radius 2 is 1.73 bits per heavy atom. The normalized spacial score (nSPS) is 12.1. The van der Waals surface area contributed by atoms with E-state index >= 15 is 0 Å². The molecule has 1 heterocycles. The fourth-order valence-electron chi connectivity index (χ4n) is 3.13. The van der Waals surface area contributed by atoms with Gasteiger partial charge in [-0.2, -0.15) is 4.31 Å². The number of hydrogen-bond donors (Lipinski definition) is 1. The van der Waals surface area contributed by atoms with E-state index in [1.165, 1.54) is 0 Å². The number of benzene rings is 1. The third kappa shape index (κ3) is 5.50. The molecule has 1 aromatic carbocycles. The minimum absolute atomic E-state index is 0.381. The molecule has 0 bridgehead atoms. The van der Waals surface area contributed by atoms with Gasteiger partial charge in [0.25, 0.3) is 0 Å². The van der Waals surface area contributed by atoms with Crippen molar-refractivity contribution in [1.82, 2.24) is 9.29 Å². The molecule has 0 unspecified atom stereocenters. The van der Waals surface area contributed by atoms with Crippen molar-refractivity contribution < 1.29 is 8.42 Å². The molecule has 0 aliphatic rings. The molecule has 6 heteroatoms. The number of aromatic nitrogens is 1. The summed E-state index contributed by atoms with van der Waals surface area (Å²) < 4.78 is 28.4. The predicted octanol–water partition coefficient (Wildman–Crippen LogP) is 3.93. The lowest BCUT2D eigenvalue weighted by atomic mass is 10.2. The van der Waals surface area contributed by atoms with Crippen LogP contribution >= 0.6 is 0 Å². The van der Waals surface area contributed by atoms with Crippen molar-refractivity contribution in [1.29, 1.82) is 0 Å². The van der Waals surface area contributed by atoms with Crippen molar-refractivity contribution in [3.63, 3.8) is 0 Å². The van der Waals surface area contributed by atoms with Gasteiger partial charge in [0.2, 0.25) is 10.0 Å². The maximum absolute atomic E-state index is 13.4. The highest BCUT2D eigenvalue weighted by Crippen LogP contribution is 2.26. The van der Waals surface area contributed by atoms with Crippen LogP contribution in [-0.4, -0.2) is 37.3 Å². The Morgan fingerprint density at radius 1 is 1.00 bits per heavy atom. The van der Waals surface area contributed by atoms with Crippen molar-refractivity contribution in [2.24, 2.45) is 5.73 Å². The molecule has 144 valence electrons. The molecule has 0 atom stereocenters. The van der Waals surface area contributed by atoms with E-state index in [-0.39, 0.29) is 0 Å². The molecule has 0 aliphatic carbocycles. The van der Waals surface area contributed by atoms with Crippen molar-refractivity contribution in [3.05, 3.63) is 36.7 Å². The van der Waals surface area contributed by atoms with Crippen LogP contribution in [0.2, 0.25) is 0 Å². The molecule has 0 radical (unpaired) electrons. The van der Waals surface area contributed by atoms with E-state index in [0.717, 1.165) is 55.7 Å². The Labute approximate surface area is 157 Å². The second-order valence-electron chi connectivity index (χ2n) is 6.67. The van der Waals surface area contributed by atoms with E-state index < -0.39 is 10.0 Å². The molecule has 26 heavy (non-hydrogen) atoms. The van der Waals surface area contributed by atoms with Crippen molar-refractivity contribution in [2.45, 2.75) is 56.8 Å². The van der Waals surface area contributed by atoms with E-state index in [2.05, 4.69) is 11.9 Å². The first-order valence-electron chi connectivity index (χ1n) is 9.64. The first kappa shape index (κ1) is 20.8. The van der Waals surface area contributed by atoms with E-state index in [9.17, 15) is 8.42 Å². The zero-order valence-electron chi connectivity index (χ0n) is 15.7. The van der Waals surface area contributed by atoms with Crippen molar-refractivity contribution >= 4 is 20.8 Å². The van der Waals surface area contributed by atoms with Gasteiger partial charge in [-0.25, -0.2) is 8.42 Å². The standard InChI is InChI=1S/C20H31N3O2S/c1-2-3-4-7-15-23(16-8-5-6-13-21)26(24,25)20-11-9-10-18-17-22-14-12-19(18)20/h9-12,14,17H,2-8,13,15-16,21H2,1H3. The lowest BCUT2D eigenvalue weighted by Gasteiger charge is -2.23. The van der Waals surface area contributed by atoms with Gasteiger partial charge in [0.1, 0.15) is 0 Å². The number of nitrogens with zero attached hydrogens (tertiary/aromatic N) is 2. The van der Waals surface area contributed by atoms with Crippen LogP contribution in [0.5, 0.6) is 0 Å². The summed E-state index contributed by atoms with van der Waals surface area (Å²) in [5, 5.41) is 1.59. The summed E-state index contributed by atoms with van der Waals surface area (Å²) in [6, 6.07) is 7.18. The zero-order valence-corrected chi connectivity index (χ0v) is 16.5. The molecular weight excluding hydrogens is 346 g/mol. The summed E-state index contributed by atoms with van der Waals surface area (Å²) in [5.74, 6) is 0. The van der Waals surface area contributed by atoms with E-state index in [1.54, 1.807) is 34.9 Å². The molecule has 0 fully saturated rings.